The molecule has 42 heavy (non-hydrogen) atoms. The predicted molar refractivity (Wildman–Crippen MR) is 159 cm³/mol. The molecule has 0 aliphatic heterocycles. The van der Waals surface area contributed by atoms with Crippen molar-refractivity contribution >= 4 is 27.5 Å². The van der Waals surface area contributed by atoms with Gasteiger partial charge in [-0.05, 0) is 69.2 Å². The van der Waals surface area contributed by atoms with E-state index in [1.165, 1.54) is 61.6 Å². The molecule has 0 fully saturated rings. The van der Waals surface area contributed by atoms with E-state index in [1.807, 2.05) is 20.8 Å². The number of hydrogen-bond donors (Lipinski definition) is 1. The Morgan fingerprint density at radius 3 is 2.14 bits per heavy atom. The summed E-state index contributed by atoms with van der Waals surface area (Å²) >= 11 is 0. The minimum absolute atomic E-state index is 0.0368. The summed E-state index contributed by atoms with van der Waals surface area (Å²) < 4.78 is 53.6. The summed E-state index contributed by atoms with van der Waals surface area (Å²) in [5.74, 6) is -0.924. The number of benzene rings is 3. The summed E-state index contributed by atoms with van der Waals surface area (Å²) in [6.45, 7) is 6.54. The van der Waals surface area contributed by atoms with Gasteiger partial charge in [-0.15, -0.1) is 0 Å². The molecule has 3 aromatic rings. The maximum absolute atomic E-state index is 14.2. The van der Waals surface area contributed by atoms with Gasteiger partial charge in [-0.1, -0.05) is 37.3 Å². The topological polar surface area (TPSA) is 105 Å². The second-order valence-corrected chi connectivity index (χ2v) is 12.5. The first-order chi connectivity index (χ1) is 19.8. The van der Waals surface area contributed by atoms with Crippen LogP contribution < -0.4 is 19.1 Å². The van der Waals surface area contributed by atoms with Gasteiger partial charge in [-0.3, -0.25) is 13.9 Å². The zero-order chi connectivity index (χ0) is 31.1. The highest BCUT2D eigenvalue weighted by Gasteiger charge is 2.35. The Hall–Kier alpha value is -4.12. The standard InChI is InChI=1S/C31H38FN3O6S/c1-7-26(30(37)33-31(2,3)4)34(20-22-13-15-23(32)16-14-22)29(36)21-35(42(38,39)25-11-9-8-10-12-25)27-19-24(40-5)17-18-28(27)41-6/h8-19,26H,7,20-21H2,1-6H3,(H,33,37). The largest absolute Gasteiger partial charge is 0.497 e. The number of nitrogens with one attached hydrogen (secondary N) is 1. The van der Waals surface area contributed by atoms with Gasteiger partial charge in [0.05, 0.1) is 24.8 Å². The van der Waals surface area contributed by atoms with Crippen LogP contribution in [0.4, 0.5) is 10.1 Å². The van der Waals surface area contributed by atoms with E-state index < -0.39 is 45.8 Å². The Labute approximate surface area is 247 Å². The number of anilines is 1. The molecule has 0 heterocycles. The normalized spacial score (nSPS) is 12.3. The van der Waals surface area contributed by atoms with Crippen LogP contribution >= 0.6 is 0 Å². The van der Waals surface area contributed by atoms with Gasteiger partial charge in [-0.2, -0.15) is 0 Å². The number of hydrogen-bond acceptors (Lipinski definition) is 6. The number of halogens is 1. The van der Waals surface area contributed by atoms with E-state index in [9.17, 15) is 22.4 Å². The fourth-order valence-electron chi connectivity index (χ4n) is 4.38. The molecule has 0 aliphatic carbocycles. The van der Waals surface area contributed by atoms with Gasteiger partial charge in [0.2, 0.25) is 11.8 Å². The van der Waals surface area contributed by atoms with Crippen molar-refractivity contribution in [1.82, 2.24) is 10.2 Å². The maximum Gasteiger partial charge on any atom is 0.264 e. The molecule has 0 saturated heterocycles. The Morgan fingerprint density at radius 1 is 0.952 bits per heavy atom. The molecule has 1 N–H and O–H groups in total. The molecule has 11 heteroatoms. The number of carbonyl (C=O) groups is 2. The van der Waals surface area contributed by atoms with Crippen LogP contribution in [0.15, 0.2) is 77.7 Å². The fraction of sp³-hybridized carbons (Fsp3) is 0.355. The molecule has 0 radical (unpaired) electrons. The van der Waals surface area contributed by atoms with E-state index in [0.29, 0.717) is 11.3 Å². The van der Waals surface area contributed by atoms with E-state index in [0.717, 1.165) is 4.31 Å². The smallest absolute Gasteiger partial charge is 0.264 e. The second-order valence-electron chi connectivity index (χ2n) is 10.7. The molecule has 0 bridgehead atoms. The summed E-state index contributed by atoms with van der Waals surface area (Å²) in [5.41, 5.74) is 0.0808. The molecule has 3 rings (SSSR count). The van der Waals surface area contributed by atoms with Crippen molar-refractivity contribution in [2.45, 2.75) is 57.1 Å². The molecule has 2 amide bonds. The molecular weight excluding hydrogens is 561 g/mol. The lowest BCUT2D eigenvalue weighted by atomic mass is 10.1. The zero-order valence-corrected chi connectivity index (χ0v) is 25.6. The first-order valence-corrected chi connectivity index (χ1v) is 14.9. The van der Waals surface area contributed by atoms with Crippen molar-refractivity contribution in [1.29, 1.82) is 0 Å². The molecule has 0 aliphatic rings. The summed E-state index contributed by atoms with van der Waals surface area (Å²) in [7, 11) is -1.46. The van der Waals surface area contributed by atoms with Crippen molar-refractivity contribution < 1.29 is 31.9 Å². The first-order valence-electron chi connectivity index (χ1n) is 13.5. The van der Waals surface area contributed by atoms with Crippen molar-refractivity contribution in [3.8, 4) is 11.5 Å². The van der Waals surface area contributed by atoms with Gasteiger partial charge < -0.3 is 19.7 Å². The monoisotopic (exact) mass is 599 g/mol. The number of rotatable bonds is 12. The van der Waals surface area contributed by atoms with Crippen LogP contribution in [-0.4, -0.2) is 57.5 Å². The third kappa shape index (κ3) is 8.00. The molecule has 226 valence electrons. The fourth-order valence-corrected chi connectivity index (χ4v) is 5.82. The van der Waals surface area contributed by atoms with Gasteiger partial charge in [0, 0.05) is 18.2 Å². The van der Waals surface area contributed by atoms with Gasteiger partial charge >= 0.3 is 0 Å². The highest BCUT2D eigenvalue weighted by atomic mass is 32.2. The second kappa shape index (κ2) is 13.7. The molecule has 1 unspecified atom stereocenters. The molecule has 0 aromatic heterocycles. The molecular formula is C31H38FN3O6S. The lowest BCUT2D eigenvalue weighted by Crippen LogP contribution is -2.55. The molecule has 1 atom stereocenters. The van der Waals surface area contributed by atoms with Crippen LogP contribution in [0.1, 0.15) is 39.7 Å². The van der Waals surface area contributed by atoms with Crippen LogP contribution in [0, 0.1) is 5.82 Å². The average molecular weight is 600 g/mol. The number of methoxy groups -OCH3 is 2. The van der Waals surface area contributed by atoms with E-state index >= 15 is 0 Å². The lowest BCUT2D eigenvalue weighted by molar-refractivity contribution is -0.141. The predicted octanol–water partition coefficient (Wildman–Crippen LogP) is 4.76. The van der Waals surface area contributed by atoms with E-state index in [2.05, 4.69) is 5.32 Å². The molecule has 3 aromatic carbocycles. The van der Waals surface area contributed by atoms with Gasteiger partial charge in [0.25, 0.3) is 10.0 Å². The quantitative estimate of drug-likeness (QED) is 0.322. The summed E-state index contributed by atoms with van der Waals surface area (Å²) in [4.78, 5) is 28.9. The number of ether oxygens (including phenoxy) is 2. The number of sulfonamides is 1. The van der Waals surface area contributed by atoms with E-state index in [-0.39, 0.29) is 29.3 Å². The molecule has 0 spiro atoms. The van der Waals surface area contributed by atoms with Crippen LogP contribution in [0.2, 0.25) is 0 Å². The van der Waals surface area contributed by atoms with E-state index in [1.54, 1.807) is 37.3 Å². The Kier molecular flexibility index (Phi) is 10.6. The van der Waals surface area contributed by atoms with Crippen molar-refractivity contribution in [2.24, 2.45) is 0 Å². The number of carbonyl (C=O) groups excluding carboxylic acids is 2. The minimum atomic E-state index is -4.30. The van der Waals surface area contributed by atoms with Crippen molar-refractivity contribution in [3.05, 3.63) is 84.2 Å². The average Bonchev–Trinajstić information content (AvgIpc) is 2.95. The Morgan fingerprint density at radius 2 is 1.60 bits per heavy atom. The Bertz CT molecular complexity index is 1470. The van der Waals surface area contributed by atoms with E-state index in [4.69, 9.17) is 9.47 Å². The zero-order valence-electron chi connectivity index (χ0n) is 24.8. The summed E-state index contributed by atoms with van der Waals surface area (Å²) in [6.07, 6.45) is 0.253. The Balaban J connectivity index is 2.14. The van der Waals surface area contributed by atoms with Crippen molar-refractivity contribution in [2.75, 3.05) is 25.1 Å². The van der Waals surface area contributed by atoms with Gasteiger partial charge in [0.1, 0.15) is 29.9 Å². The number of nitrogens with zero attached hydrogens (tertiary/aromatic N) is 2. The third-order valence-electron chi connectivity index (χ3n) is 6.42. The first kappa shape index (κ1) is 32.4. The minimum Gasteiger partial charge on any atom is -0.497 e. The van der Waals surface area contributed by atoms with Gasteiger partial charge in [-0.25, -0.2) is 12.8 Å². The van der Waals surface area contributed by atoms with Gasteiger partial charge in [0.15, 0.2) is 0 Å². The van der Waals surface area contributed by atoms with Crippen LogP contribution in [0.5, 0.6) is 11.5 Å². The van der Waals surface area contributed by atoms with Crippen LogP contribution in [0.3, 0.4) is 0 Å². The molecule has 9 nitrogen and oxygen atoms in total. The van der Waals surface area contributed by atoms with Crippen LogP contribution in [-0.2, 0) is 26.2 Å². The highest BCUT2D eigenvalue weighted by Crippen LogP contribution is 2.36. The SMILES string of the molecule is CCC(C(=O)NC(C)(C)C)N(Cc1ccc(F)cc1)C(=O)CN(c1cc(OC)ccc1OC)S(=O)(=O)c1ccccc1. The van der Waals surface area contributed by atoms with Crippen LogP contribution in [0.25, 0.3) is 0 Å². The number of amides is 2. The van der Waals surface area contributed by atoms with Crippen molar-refractivity contribution in [3.63, 3.8) is 0 Å². The summed E-state index contributed by atoms with van der Waals surface area (Å²) in [6, 6.07) is 17.0. The highest BCUT2D eigenvalue weighted by molar-refractivity contribution is 7.92. The molecule has 0 saturated carbocycles. The lowest BCUT2D eigenvalue weighted by Gasteiger charge is -2.35. The third-order valence-corrected chi connectivity index (χ3v) is 8.19. The summed E-state index contributed by atoms with van der Waals surface area (Å²) in [5, 5.41) is 2.91. The maximum atomic E-state index is 14.2.